The van der Waals surface area contributed by atoms with E-state index in [4.69, 9.17) is 0 Å². The number of aliphatic hydroxyl groups is 1. The van der Waals surface area contributed by atoms with Crippen molar-refractivity contribution in [2.45, 2.75) is 91.1 Å². The van der Waals surface area contributed by atoms with Crippen molar-refractivity contribution < 1.29 is 5.11 Å². The van der Waals surface area contributed by atoms with E-state index in [1.807, 2.05) is 0 Å². The summed E-state index contributed by atoms with van der Waals surface area (Å²) in [4.78, 5) is 0. The summed E-state index contributed by atoms with van der Waals surface area (Å²) in [6.45, 7) is 8.72. The van der Waals surface area contributed by atoms with Gasteiger partial charge in [-0.25, -0.2) is 0 Å². The summed E-state index contributed by atoms with van der Waals surface area (Å²) in [7, 11) is 0. The predicted molar refractivity (Wildman–Crippen MR) is 72.7 cm³/mol. The summed E-state index contributed by atoms with van der Waals surface area (Å²) < 4.78 is 0. The lowest BCUT2D eigenvalue weighted by molar-refractivity contribution is -0.0265. The molecule has 0 heterocycles. The third-order valence-corrected chi connectivity index (χ3v) is 4.11. The standard InChI is InChI=1S/C15H32O/c1-5-8-9-10-11-12-13-15(16,7-3)14(4)6-2/h14,16H,5-13H2,1-4H3. The maximum absolute atomic E-state index is 10.5. The van der Waals surface area contributed by atoms with Gasteiger partial charge in [0.15, 0.2) is 0 Å². The minimum atomic E-state index is -0.403. The fourth-order valence-electron chi connectivity index (χ4n) is 2.36. The Hall–Kier alpha value is -0.0400. The second-order valence-corrected chi connectivity index (χ2v) is 5.28. The molecule has 1 heteroatoms. The highest BCUT2D eigenvalue weighted by molar-refractivity contribution is 4.81. The molecule has 0 amide bonds. The second-order valence-electron chi connectivity index (χ2n) is 5.28. The average Bonchev–Trinajstić information content (AvgIpc) is 2.32. The highest BCUT2D eigenvalue weighted by Gasteiger charge is 2.29. The first-order valence-electron chi connectivity index (χ1n) is 7.33. The monoisotopic (exact) mass is 228 g/mol. The summed E-state index contributed by atoms with van der Waals surface area (Å²) in [5.41, 5.74) is -0.403. The predicted octanol–water partition coefficient (Wildman–Crippen LogP) is 4.92. The molecule has 16 heavy (non-hydrogen) atoms. The third-order valence-electron chi connectivity index (χ3n) is 4.11. The van der Waals surface area contributed by atoms with Crippen molar-refractivity contribution in [2.75, 3.05) is 0 Å². The van der Waals surface area contributed by atoms with Gasteiger partial charge in [0, 0.05) is 0 Å². The Labute approximate surface area is 103 Å². The van der Waals surface area contributed by atoms with Gasteiger partial charge in [0.2, 0.25) is 0 Å². The summed E-state index contributed by atoms with van der Waals surface area (Å²) in [6, 6.07) is 0. The van der Waals surface area contributed by atoms with Gasteiger partial charge in [0.1, 0.15) is 0 Å². The topological polar surface area (TPSA) is 20.2 Å². The van der Waals surface area contributed by atoms with E-state index in [9.17, 15) is 5.11 Å². The average molecular weight is 228 g/mol. The molecule has 0 aromatic carbocycles. The molecule has 98 valence electrons. The quantitative estimate of drug-likeness (QED) is 0.526. The molecule has 0 aliphatic heterocycles. The van der Waals surface area contributed by atoms with Crippen LogP contribution in [0.3, 0.4) is 0 Å². The van der Waals surface area contributed by atoms with Gasteiger partial charge in [-0.3, -0.25) is 0 Å². The van der Waals surface area contributed by atoms with E-state index in [1.54, 1.807) is 0 Å². The first-order chi connectivity index (χ1) is 7.60. The van der Waals surface area contributed by atoms with Crippen LogP contribution in [-0.2, 0) is 0 Å². The van der Waals surface area contributed by atoms with Crippen molar-refractivity contribution in [3.8, 4) is 0 Å². The SMILES string of the molecule is CCCCCCCCC(O)(CC)C(C)CC. The van der Waals surface area contributed by atoms with E-state index in [0.717, 1.165) is 19.3 Å². The molecule has 0 fully saturated rings. The molecule has 0 spiro atoms. The molecule has 0 aromatic heterocycles. The Morgan fingerprint density at radius 2 is 1.50 bits per heavy atom. The van der Waals surface area contributed by atoms with Gasteiger partial charge in [-0.15, -0.1) is 0 Å². The lowest BCUT2D eigenvalue weighted by Gasteiger charge is -2.33. The first-order valence-corrected chi connectivity index (χ1v) is 7.33. The molecule has 1 N–H and O–H groups in total. The Morgan fingerprint density at radius 3 is 2.00 bits per heavy atom. The smallest absolute Gasteiger partial charge is 0.0670 e. The molecule has 0 aromatic rings. The Balaban J connectivity index is 3.70. The third kappa shape index (κ3) is 5.89. The van der Waals surface area contributed by atoms with Gasteiger partial charge in [-0.1, -0.05) is 72.6 Å². The summed E-state index contributed by atoms with van der Waals surface area (Å²) >= 11 is 0. The molecule has 0 rings (SSSR count). The number of hydrogen-bond acceptors (Lipinski definition) is 1. The molecule has 0 aliphatic rings. The maximum atomic E-state index is 10.5. The molecule has 0 bridgehead atoms. The fourth-order valence-corrected chi connectivity index (χ4v) is 2.36. The zero-order valence-corrected chi connectivity index (χ0v) is 11.9. The zero-order valence-electron chi connectivity index (χ0n) is 11.9. The molecule has 0 saturated carbocycles. The minimum Gasteiger partial charge on any atom is -0.390 e. The van der Waals surface area contributed by atoms with E-state index in [1.165, 1.54) is 38.5 Å². The Bertz CT molecular complexity index is 156. The highest BCUT2D eigenvalue weighted by atomic mass is 16.3. The number of hydrogen-bond donors (Lipinski definition) is 1. The largest absolute Gasteiger partial charge is 0.390 e. The lowest BCUT2D eigenvalue weighted by Crippen LogP contribution is -2.35. The number of unbranched alkanes of at least 4 members (excludes halogenated alkanes) is 5. The second kappa shape index (κ2) is 9.04. The van der Waals surface area contributed by atoms with Crippen LogP contribution < -0.4 is 0 Å². The van der Waals surface area contributed by atoms with Crippen molar-refractivity contribution in [2.24, 2.45) is 5.92 Å². The van der Waals surface area contributed by atoms with Crippen LogP contribution in [-0.4, -0.2) is 10.7 Å². The molecule has 1 nitrogen and oxygen atoms in total. The van der Waals surface area contributed by atoms with Gasteiger partial charge in [0.25, 0.3) is 0 Å². The molecule has 2 atom stereocenters. The van der Waals surface area contributed by atoms with Crippen LogP contribution in [0.5, 0.6) is 0 Å². The van der Waals surface area contributed by atoms with Crippen molar-refractivity contribution in [3.05, 3.63) is 0 Å². The van der Waals surface area contributed by atoms with Crippen molar-refractivity contribution in [1.82, 2.24) is 0 Å². The van der Waals surface area contributed by atoms with Gasteiger partial charge >= 0.3 is 0 Å². The molecule has 0 aliphatic carbocycles. The highest BCUT2D eigenvalue weighted by Crippen LogP contribution is 2.29. The van der Waals surface area contributed by atoms with E-state index in [0.29, 0.717) is 5.92 Å². The maximum Gasteiger partial charge on any atom is 0.0670 e. The van der Waals surface area contributed by atoms with Gasteiger partial charge in [-0.2, -0.15) is 0 Å². The normalized spacial score (nSPS) is 17.1. The van der Waals surface area contributed by atoms with Crippen LogP contribution >= 0.6 is 0 Å². The van der Waals surface area contributed by atoms with E-state index in [-0.39, 0.29) is 0 Å². The summed E-state index contributed by atoms with van der Waals surface area (Å²) in [6.07, 6.45) is 10.8. The fraction of sp³-hybridized carbons (Fsp3) is 1.00. The van der Waals surface area contributed by atoms with Crippen LogP contribution in [0.4, 0.5) is 0 Å². The zero-order chi connectivity index (χ0) is 12.4. The first kappa shape index (κ1) is 16.0. The van der Waals surface area contributed by atoms with Gasteiger partial charge in [-0.05, 0) is 18.8 Å². The van der Waals surface area contributed by atoms with Crippen LogP contribution in [0.15, 0.2) is 0 Å². The molecular formula is C15H32O. The summed E-state index contributed by atoms with van der Waals surface area (Å²) in [5, 5.41) is 10.5. The Kier molecular flexibility index (Phi) is 9.02. The number of rotatable bonds is 10. The van der Waals surface area contributed by atoms with E-state index < -0.39 is 5.60 Å². The van der Waals surface area contributed by atoms with E-state index in [2.05, 4.69) is 27.7 Å². The van der Waals surface area contributed by atoms with Crippen molar-refractivity contribution >= 4 is 0 Å². The Morgan fingerprint density at radius 1 is 0.938 bits per heavy atom. The molecule has 2 unspecified atom stereocenters. The van der Waals surface area contributed by atoms with Crippen molar-refractivity contribution in [3.63, 3.8) is 0 Å². The minimum absolute atomic E-state index is 0.403. The van der Waals surface area contributed by atoms with Crippen LogP contribution in [0.1, 0.15) is 85.5 Å². The van der Waals surface area contributed by atoms with Crippen molar-refractivity contribution in [1.29, 1.82) is 0 Å². The molecule has 0 radical (unpaired) electrons. The van der Waals surface area contributed by atoms with E-state index >= 15 is 0 Å². The summed E-state index contributed by atoms with van der Waals surface area (Å²) in [5.74, 6) is 0.438. The van der Waals surface area contributed by atoms with Crippen LogP contribution in [0.2, 0.25) is 0 Å². The molecule has 0 saturated heterocycles. The molecular weight excluding hydrogens is 196 g/mol. The van der Waals surface area contributed by atoms with Gasteiger partial charge < -0.3 is 5.11 Å². The van der Waals surface area contributed by atoms with Crippen LogP contribution in [0.25, 0.3) is 0 Å². The lowest BCUT2D eigenvalue weighted by atomic mass is 9.80. The van der Waals surface area contributed by atoms with Gasteiger partial charge in [0.05, 0.1) is 5.60 Å². The van der Waals surface area contributed by atoms with Crippen LogP contribution in [0, 0.1) is 5.92 Å².